The first-order valence-corrected chi connectivity index (χ1v) is 24.9. The highest BCUT2D eigenvalue weighted by molar-refractivity contribution is 7.99. The zero-order valence-electron chi connectivity index (χ0n) is 39.9. The predicted octanol–water partition coefficient (Wildman–Crippen LogP) is -9.95. The molecule has 26 atom stereocenters. The first kappa shape index (κ1) is 61.4. The molecule has 2 amide bonds. The summed E-state index contributed by atoms with van der Waals surface area (Å²) in [5.41, 5.74) is 0. The molecule has 0 bridgehead atoms. The molecule has 0 aromatic carbocycles. The van der Waals surface area contributed by atoms with Crippen LogP contribution in [0.5, 0.6) is 0 Å². The fraction of sp³-hybridized carbons (Fsp3) is 0.902. The zero-order valence-corrected chi connectivity index (χ0v) is 41.5. The molecule has 5 rings (SSSR count). The van der Waals surface area contributed by atoms with Crippen LogP contribution in [-0.2, 0) is 52.3 Å². The first-order valence-electron chi connectivity index (χ1n) is 23.3. The van der Waals surface area contributed by atoms with Crippen LogP contribution in [0.1, 0.15) is 34.1 Å². The average Bonchev–Trinajstić information content (AvgIpc) is 3.34. The van der Waals surface area contributed by atoms with E-state index in [1.807, 2.05) is 0 Å². The van der Waals surface area contributed by atoms with Gasteiger partial charge in [0.1, 0.15) is 91.5 Å². The highest BCUT2D eigenvalue weighted by atomic mass is 32.2. The van der Waals surface area contributed by atoms with Gasteiger partial charge in [-0.05, 0) is 19.1 Å². The van der Waals surface area contributed by atoms with Crippen LogP contribution in [0.2, 0.25) is 0 Å². The van der Waals surface area contributed by atoms with Gasteiger partial charge in [0.05, 0.1) is 50.3 Å². The molecule has 5 heterocycles. The largest absolute Gasteiger partial charge is 0.477 e. The number of amides is 2. The van der Waals surface area contributed by atoms with Crippen molar-refractivity contribution in [2.75, 3.05) is 37.9 Å². The van der Waals surface area contributed by atoms with E-state index in [1.165, 1.54) is 18.7 Å². The Morgan fingerprint density at radius 3 is 1.93 bits per heavy atom. The Balaban J connectivity index is 1.43. The summed E-state index contributed by atoms with van der Waals surface area (Å²) in [5, 5.41) is 170. The molecule has 73 heavy (non-hydrogen) atoms. The van der Waals surface area contributed by atoms with E-state index in [4.69, 9.17) is 50.1 Å². The van der Waals surface area contributed by atoms with E-state index in [2.05, 4.69) is 21.3 Å². The van der Waals surface area contributed by atoms with Crippen molar-refractivity contribution in [2.24, 2.45) is 5.92 Å². The minimum Gasteiger partial charge on any atom is -0.477 e. The molecule has 32 heteroatoms. The summed E-state index contributed by atoms with van der Waals surface area (Å²) in [6.07, 6.45) is -40.1. The number of carbonyl (C=O) groups excluding carboxylic acids is 2. The lowest BCUT2D eigenvalue weighted by molar-refractivity contribution is -0.386. The highest BCUT2D eigenvalue weighted by Crippen LogP contribution is 2.39. The lowest BCUT2D eigenvalue weighted by Gasteiger charge is -2.52. The van der Waals surface area contributed by atoms with Crippen LogP contribution in [-0.4, -0.2) is 290 Å². The van der Waals surface area contributed by atoms with Gasteiger partial charge in [-0.1, -0.05) is 6.92 Å². The summed E-state index contributed by atoms with van der Waals surface area (Å²) < 4.78 is 47.0. The molecule has 14 unspecified atom stereocenters. The van der Waals surface area contributed by atoms with Gasteiger partial charge in [0.15, 0.2) is 30.2 Å². The van der Waals surface area contributed by atoms with E-state index in [-0.39, 0.29) is 11.7 Å². The second kappa shape index (κ2) is 26.8. The van der Waals surface area contributed by atoms with E-state index >= 15 is 0 Å². The predicted molar refractivity (Wildman–Crippen MR) is 244 cm³/mol. The Labute approximate surface area is 426 Å². The third-order valence-electron chi connectivity index (χ3n) is 13.1. The van der Waals surface area contributed by atoms with Crippen molar-refractivity contribution in [1.82, 2.24) is 21.3 Å². The SMILES string of the molecule is CC(=O)NC1C(O[C@@H]2OC(C)[C@@H](O)C(O)C2O)[C@H](O[C@@H]2OC(CO)[C@H](O)C(O[C@]3(C(=O)O)CC(O)[C@@H](NC(C)=O)C([C@H](O)[C@H](O)CO)O3)C2O)C(CO)O[C@H]1NC(=S)NCCSCC1O[C@H](O)C(O)[C@H](O)C1C. The van der Waals surface area contributed by atoms with Gasteiger partial charge < -0.3 is 136 Å². The van der Waals surface area contributed by atoms with Gasteiger partial charge >= 0.3 is 5.97 Å². The Hall–Kier alpha value is -2.43. The van der Waals surface area contributed by atoms with Gasteiger partial charge in [-0.25, -0.2) is 4.79 Å². The maximum absolute atomic E-state index is 13.1. The van der Waals surface area contributed by atoms with Gasteiger partial charge in [0, 0.05) is 44.2 Å². The van der Waals surface area contributed by atoms with Crippen LogP contribution in [0.25, 0.3) is 0 Å². The van der Waals surface area contributed by atoms with Crippen molar-refractivity contribution >= 4 is 46.9 Å². The molecular formula is C41H70N4O26S2. The monoisotopic (exact) mass is 1100 g/mol. The molecule has 422 valence electrons. The molecule has 0 radical (unpaired) electrons. The molecule has 5 saturated heterocycles. The lowest BCUT2D eigenvalue weighted by atomic mass is 9.88. The third-order valence-corrected chi connectivity index (χ3v) is 14.5. The van der Waals surface area contributed by atoms with Crippen LogP contribution in [0.3, 0.4) is 0 Å². The molecule has 0 spiro atoms. The smallest absolute Gasteiger partial charge is 0.364 e. The Bertz CT molecular complexity index is 1830. The Kier molecular flexibility index (Phi) is 22.5. The van der Waals surface area contributed by atoms with Crippen LogP contribution >= 0.6 is 24.0 Å². The molecule has 5 aliphatic heterocycles. The molecule has 5 aliphatic rings. The molecule has 0 aromatic heterocycles. The molecule has 0 saturated carbocycles. The Morgan fingerprint density at radius 1 is 0.712 bits per heavy atom. The lowest BCUT2D eigenvalue weighted by Crippen LogP contribution is -2.72. The van der Waals surface area contributed by atoms with Crippen molar-refractivity contribution in [1.29, 1.82) is 0 Å². The number of carboxylic acids is 1. The van der Waals surface area contributed by atoms with Crippen molar-refractivity contribution in [3.8, 4) is 0 Å². The van der Waals surface area contributed by atoms with Crippen molar-refractivity contribution in [2.45, 2.75) is 187 Å². The number of carbonyl (C=O) groups is 3. The van der Waals surface area contributed by atoms with Crippen LogP contribution < -0.4 is 21.3 Å². The number of thioether (sulfide) groups is 1. The number of aliphatic carboxylic acids is 1. The number of aliphatic hydroxyl groups excluding tert-OH is 14. The summed E-state index contributed by atoms with van der Waals surface area (Å²) in [4.78, 5) is 38.1. The molecular weight excluding hydrogens is 1030 g/mol. The van der Waals surface area contributed by atoms with Gasteiger partial charge in [-0.3, -0.25) is 9.59 Å². The van der Waals surface area contributed by atoms with Gasteiger partial charge in [0.25, 0.3) is 5.79 Å². The van der Waals surface area contributed by atoms with Crippen LogP contribution in [0.4, 0.5) is 0 Å². The van der Waals surface area contributed by atoms with Crippen LogP contribution in [0, 0.1) is 5.92 Å². The minimum atomic E-state index is -3.16. The molecule has 0 aromatic rings. The Morgan fingerprint density at radius 2 is 1.33 bits per heavy atom. The van der Waals surface area contributed by atoms with Gasteiger partial charge in [-0.15, -0.1) is 0 Å². The quantitative estimate of drug-likeness (QED) is 0.0398. The number of hydrogen-bond acceptors (Lipinski definition) is 27. The third kappa shape index (κ3) is 14.4. The summed E-state index contributed by atoms with van der Waals surface area (Å²) in [6.45, 7) is 2.14. The second-order valence-electron chi connectivity index (χ2n) is 18.4. The van der Waals surface area contributed by atoms with E-state index in [0.29, 0.717) is 11.5 Å². The summed E-state index contributed by atoms with van der Waals surface area (Å²) in [7, 11) is 0. The molecule has 0 aliphatic carbocycles. The van der Waals surface area contributed by atoms with E-state index in [9.17, 15) is 91.0 Å². The minimum absolute atomic E-state index is 0.0923. The van der Waals surface area contributed by atoms with Gasteiger partial charge in [-0.2, -0.15) is 11.8 Å². The normalized spacial score (nSPS) is 44.1. The second-order valence-corrected chi connectivity index (χ2v) is 20.0. The topological polar surface area (TPSA) is 477 Å². The number of carboxylic acid groups (broad SMARTS) is 1. The standard InChI is InChI=1S/C41H70N4O26S2/c1-12-20(66-36(61)28(58)23(12)53)11-73-6-5-42-40(72)45-35-22(44-15(4)50)33(69-37-29(59)27(57)24(54)13(2)64-37)31(19(10-48)65-35)68-38-30(60)34(26(56)18(9-47)67-38)71-41(39(62)63)7-16(51)21(43-14(3)49)32(70-41)25(55)17(52)8-46/h12-13,16-38,46-48,51-61H,5-11H2,1-4H3,(H,43,49)(H,44,50)(H,62,63)(H2,42,45,72)/t12?,13?,16?,17-,18?,19?,20?,21-,22?,23-,24-,25-,26+,27?,28?,29?,30?,31-,32?,33?,34?,35-,36+,37+,38+,41+/m1/s1. The molecule has 5 fully saturated rings. The fourth-order valence-electron chi connectivity index (χ4n) is 9.03. The van der Waals surface area contributed by atoms with Crippen molar-refractivity contribution in [3.05, 3.63) is 0 Å². The molecule has 30 nitrogen and oxygen atoms in total. The van der Waals surface area contributed by atoms with E-state index in [1.54, 1.807) is 6.92 Å². The molecule has 19 N–H and O–H groups in total. The van der Waals surface area contributed by atoms with E-state index in [0.717, 1.165) is 13.8 Å². The number of thiocarbonyl (C=S) groups is 1. The maximum atomic E-state index is 13.1. The average molecular weight is 1100 g/mol. The first-order chi connectivity index (χ1) is 34.3. The summed E-state index contributed by atoms with van der Waals surface area (Å²) >= 11 is 6.88. The van der Waals surface area contributed by atoms with E-state index < -0.39 is 203 Å². The zero-order chi connectivity index (χ0) is 54.4. The fourth-order valence-corrected chi connectivity index (χ4v) is 10.3. The van der Waals surface area contributed by atoms with Gasteiger partial charge in [0.2, 0.25) is 11.8 Å². The maximum Gasteiger partial charge on any atom is 0.364 e. The highest BCUT2D eigenvalue weighted by Gasteiger charge is 2.61. The van der Waals surface area contributed by atoms with Crippen molar-refractivity contribution in [3.63, 3.8) is 0 Å². The van der Waals surface area contributed by atoms with Crippen molar-refractivity contribution < 1.29 is 129 Å². The summed E-state index contributed by atoms with van der Waals surface area (Å²) in [6, 6.07) is -3.14. The number of aliphatic hydroxyl groups is 14. The van der Waals surface area contributed by atoms with Crippen LogP contribution in [0.15, 0.2) is 0 Å². The number of nitrogens with one attached hydrogen (secondary N) is 4. The number of hydrogen-bond donors (Lipinski definition) is 19. The number of rotatable bonds is 20. The number of ether oxygens (including phenoxy) is 8. The summed E-state index contributed by atoms with van der Waals surface area (Å²) in [5.74, 6) is -6.56.